The van der Waals surface area contributed by atoms with Gasteiger partial charge in [-0.3, -0.25) is 9.59 Å². The highest BCUT2D eigenvalue weighted by Crippen LogP contribution is 2.29. The van der Waals surface area contributed by atoms with E-state index in [2.05, 4.69) is 4.13 Å². The van der Waals surface area contributed by atoms with Gasteiger partial charge in [0.15, 0.2) is 16.5 Å². The van der Waals surface area contributed by atoms with E-state index in [0.717, 1.165) is 0 Å². The molecule has 29 heavy (non-hydrogen) atoms. The Kier molecular flexibility index (Phi) is 5.05. The van der Waals surface area contributed by atoms with Gasteiger partial charge in [-0.2, -0.15) is 0 Å². The van der Waals surface area contributed by atoms with Crippen LogP contribution < -0.4 is 4.13 Å². The number of hydrogen-bond acceptors (Lipinski definition) is 5. The zero-order chi connectivity index (χ0) is 20.8. The Balaban J connectivity index is 1.66. The molecule has 1 aliphatic carbocycles. The van der Waals surface area contributed by atoms with E-state index in [9.17, 15) is 22.6 Å². The van der Waals surface area contributed by atoms with Gasteiger partial charge < -0.3 is 4.55 Å². The highest BCUT2D eigenvalue weighted by Gasteiger charge is 2.32. The summed E-state index contributed by atoms with van der Waals surface area (Å²) in [6.45, 7) is 0. The van der Waals surface area contributed by atoms with E-state index in [4.69, 9.17) is 11.6 Å². The molecule has 1 aliphatic rings. The molecule has 3 aromatic carbocycles. The van der Waals surface area contributed by atoms with Crippen LogP contribution in [0.2, 0.25) is 5.02 Å². The van der Waals surface area contributed by atoms with Crippen LogP contribution in [0.15, 0.2) is 76.5 Å². The van der Waals surface area contributed by atoms with Crippen LogP contribution in [0, 0.1) is 0 Å². The molecule has 146 valence electrons. The molecule has 0 spiro atoms. The molecule has 3 aromatic rings. The number of benzene rings is 3. The van der Waals surface area contributed by atoms with Crippen LogP contribution in [0.3, 0.4) is 0 Å². The maximum atomic E-state index is 12.8. The quantitative estimate of drug-likeness (QED) is 0.486. The fourth-order valence-electron chi connectivity index (χ4n) is 3.00. The minimum atomic E-state index is -4.08. The first-order valence-electron chi connectivity index (χ1n) is 8.30. The number of sulfonamides is 1. The number of rotatable bonds is 4. The molecule has 0 radical (unpaired) electrons. The molecule has 1 atom stereocenters. The van der Waals surface area contributed by atoms with Crippen molar-refractivity contribution in [3.8, 4) is 0 Å². The molecule has 1 unspecified atom stereocenters. The largest absolute Gasteiger partial charge is 0.592 e. The molecule has 4 rings (SSSR count). The SMILES string of the molecule is O=C1c2ccccc2C(=O)c2cc([S+]([O-])NS(=O)(=O)c3ccc(Cl)cc3)ccc21. The zero-order valence-corrected chi connectivity index (χ0v) is 17.0. The fourth-order valence-corrected chi connectivity index (χ4v) is 5.61. The molecule has 0 aromatic heterocycles. The van der Waals surface area contributed by atoms with Crippen LogP contribution in [0.4, 0.5) is 0 Å². The van der Waals surface area contributed by atoms with Gasteiger partial charge in [0.2, 0.25) is 0 Å². The third-order valence-electron chi connectivity index (χ3n) is 4.42. The van der Waals surface area contributed by atoms with Gasteiger partial charge in [0.05, 0.1) is 16.3 Å². The lowest BCUT2D eigenvalue weighted by molar-refractivity contribution is 0.0979. The van der Waals surface area contributed by atoms with Crippen LogP contribution in [0.25, 0.3) is 0 Å². The second-order valence-corrected chi connectivity index (χ2v) is 9.81. The minimum Gasteiger partial charge on any atom is -0.592 e. The highest BCUT2D eigenvalue weighted by atomic mass is 35.5. The Bertz CT molecular complexity index is 1260. The van der Waals surface area contributed by atoms with Crippen LogP contribution in [0.5, 0.6) is 0 Å². The van der Waals surface area contributed by atoms with Crippen LogP contribution in [0.1, 0.15) is 31.8 Å². The van der Waals surface area contributed by atoms with E-state index in [1.165, 1.54) is 42.5 Å². The number of carbonyl (C=O) groups is 2. The maximum Gasteiger partial charge on any atom is 0.280 e. The van der Waals surface area contributed by atoms with Gasteiger partial charge in [-0.25, -0.2) is 8.42 Å². The van der Waals surface area contributed by atoms with Gasteiger partial charge in [-0.05, 0) is 40.5 Å². The topological polar surface area (TPSA) is 103 Å². The van der Waals surface area contributed by atoms with Crippen molar-refractivity contribution in [3.05, 3.63) is 94.0 Å². The first-order valence-corrected chi connectivity index (χ1v) is 11.3. The summed E-state index contributed by atoms with van der Waals surface area (Å²) in [5.74, 6) is -0.691. The summed E-state index contributed by atoms with van der Waals surface area (Å²) in [5, 5.41) is 0.364. The van der Waals surface area contributed by atoms with E-state index in [1.807, 2.05) is 0 Å². The van der Waals surface area contributed by atoms with Crippen molar-refractivity contribution >= 4 is 44.6 Å². The van der Waals surface area contributed by atoms with E-state index in [0.29, 0.717) is 10.6 Å². The van der Waals surface area contributed by atoms with Crippen molar-refractivity contribution in [1.82, 2.24) is 4.13 Å². The summed E-state index contributed by atoms with van der Waals surface area (Å²) >= 11 is 3.58. The highest BCUT2D eigenvalue weighted by molar-refractivity contribution is 8.04. The smallest absolute Gasteiger partial charge is 0.280 e. The average Bonchev–Trinajstić information content (AvgIpc) is 2.71. The number of nitrogens with one attached hydrogen (secondary N) is 1. The van der Waals surface area contributed by atoms with Gasteiger partial charge in [-0.15, -0.1) is 0 Å². The van der Waals surface area contributed by atoms with Crippen molar-refractivity contribution in [1.29, 1.82) is 0 Å². The Hall–Kier alpha value is -2.49. The molecular formula is C20H12ClNO5S2. The molecule has 0 saturated heterocycles. The first-order chi connectivity index (χ1) is 13.8. The predicted molar refractivity (Wildman–Crippen MR) is 108 cm³/mol. The lowest BCUT2D eigenvalue weighted by Gasteiger charge is -2.18. The molecule has 0 amide bonds. The summed E-state index contributed by atoms with van der Waals surface area (Å²) in [6.07, 6.45) is 0. The summed E-state index contributed by atoms with van der Waals surface area (Å²) in [6, 6.07) is 15.8. The summed E-state index contributed by atoms with van der Waals surface area (Å²) < 4.78 is 39.5. The number of ketones is 2. The molecule has 0 fully saturated rings. The molecule has 1 N–H and O–H groups in total. The van der Waals surface area contributed by atoms with Crippen molar-refractivity contribution in [3.63, 3.8) is 0 Å². The third kappa shape index (κ3) is 3.61. The summed E-state index contributed by atoms with van der Waals surface area (Å²) in [5.41, 5.74) is 0.845. The lowest BCUT2D eigenvalue weighted by atomic mass is 9.84. The molecule has 0 aliphatic heterocycles. The Morgan fingerprint density at radius 1 is 0.793 bits per heavy atom. The normalized spacial score (nSPS) is 14.3. The summed E-state index contributed by atoms with van der Waals surface area (Å²) in [4.78, 5) is 25.3. The second kappa shape index (κ2) is 7.40. The van der Waals surface area contributed by atoms with Gasteiger partial charge in [-0.1, -0.05) is 35.9 Å². The van der Waals surface area contributed by atoms with Crippen LogP contribution in [-0.4, -0.2) is 24.5 Å². The van der Waals surface area contributed by atoms with Crippen molar-refractivity contribution < 1.29 is 22.6 Å². The zero-order valence-electron chi connectivity index (χ0n) is 14.6. The predicted octanol–water partition coefficient (Wildman–Crippen LogP) is 3.12. The van der Waals surface area contributed by atoms with Gasteiger partial charge in [0.25, 0.3) is 10.0 Å². The van der Waals surface area contributed by atoms with Crippen LogP contribution in [-0.2, 0) is 21.4 Å². The lowest BCUT2D eigenvalue weighted by Crippen LogP contribution is -2.31. The second-order valence-electron chi connectivity index (χ2n) is 6.22. The molecule has 0 bridgehead atoms. The summed E-state index contributed by atoms with van der Waals surface area (Å²) in [7, 11) is -4.08. The van der Waals surface area contributed by atoms with Gasteiger partial charge in [0, 0.05) is 33.3 Å². The Morgan fingerprint density at radius 3 is 1.97 bits per heavy atom. The van der Waals surface area contributed by atoms with Crippen molar-refractivity contribution in [2.75, 3.05) is 0 Å². The van der Waals surface area contributed by atoms with Crippen molar-refractivity contribution in [2.24, 2.45) is 0 Å². The van der Waals surface area contributed by atoms with Gasteiger partial charge >= 0.3 is 0 Å². The fraction of sp³-hybridized carbons (Fsp3) is 0. The monoisotopic (exact) mass is 445 g/mol. The first kappa shape index (κ1) is 19.8. The van der Waals surface area contributed by atoms with E-state index in [1.54, 1.807) is 24.3 Å². The third-order valence-corrected chi connectivity index (χ3v) is 7.73. The standard InChI is InChI=1S/C20H12ClNO5S2/c21-12-5-8-14(9-6-12)29(26,27)22-28(25)13-7-10-17-18(11-13)20(24)16-4-2-1-3-15(16)19(17)23/h1-11,22H. The molecule has 6 nitrogen and oxygen atoms in total. The van der Waals surface area contributed by atoms with Gasteiger partial charge in [0.1, 0.15) is 0 Å². The van der Waals surface area contributed by atoms with E-state index < -0.39 is 21.4 Å². The number of fused-ring (bicyclic) bond motifs is 2. The molecule has 0 heterocycles. The minimum absolute atomic E-state index is 0.0572. The van der Waals surface area contributed by atoms with E-state index in [-0.39, 0.29) is 38.0 Å². The number of halogens is 1. The van der Waals surface area contributed by atoms with E-state index >= 15 is 0 Å². The Labute approximate surface area is 174 Å². The molecule has 9 heteroatoms. The van der Waals surface area contributed by atoms with Crippen LogP contribution >= 0.6 is 11.6 Å². The molecular weight excluding hydrogens is 434 g/mol. The Morgan fingerprint density at radius 2 is 1.34 bits per heavy atom. The molecule has 0 saturated carbocycles. The number of carbonyl (C=O) groups excluding carboxylic acids is 2. The average molecular weight is 446 g/mol. The van der Waals surface area contributed by atoms with Crippen molar-refractivity contribution in [2.45, 2.75) is 9.79 Å². The number of hydrogen-bond donors (Lipinski definition) is 1. The maximum absolute atomic E-state index is 12.8.